The molecule has 0 aliphatic heterocycles. The molecule has 0 radical (unpaired) electrons. The Hall–Kier alpha value is -0.850. The van der Waals surface area contributed by atoms with Gasteiger partial charge in [0.05, 0.1) is 0 Å². The molecule has 2 atom stereocenters. The zero-order chi connectivity index (χ0) is 10.3. The molecule has 14 heavy (non-hydrogen) atoms. The predicted octanol–water partition coefficient (Wildman–Crippen LogP) is 3.98. The summed E-state index contributed by atoms with van der Waals surface area (Å²) in [5.74, 6) is 1.30. The highest BCUT2D eigenvalue weighted by Crippen LogP contribution is 2.56. The Morgan fingerprint density at radius 1 is 1.14 bits per heavy atom. The van der Waals surface area contributed by atoms with Gasteiger partial charge in [0, 0.05) is 0 Å². The topological polar surface area (TPSA) is 0 Å². The average Bonchev–Trinajstić information content (AvgIpc) is 2.83. The van der Waals surface area contributed by atoms with Crippen molar-refractivity contribution in [2.75, 3.05) is 0 Å². The lowest BCUT2D eigenvalue weighted by molar-refractivity contribution is 0.343. The molecule has 2 unspecified atom stereocenters. The predicted molar refractivity (Wildman–Crippen MR) is 56.7 cm³/mol. The Bertz CT molecular complexity index is 318. The molecule has 1 aliphatic carbocycles. The van der Waals surface area contributed by atoms with Gasteiger partial charge in [0.2, 0.25) is 0 Å². The smallest absolute Gasteiger partial charge is 0.123 e. The molecule has 0 saturated heterocycles. The van der Waals surface area contributed by atoms with Crippen molar-refractivity contribution in [2.45, 2.75) is 33.1 Å². The molecule has 0 nitrogen and oxygen atoms in total. The van der Waals surface area contributed by atoms with E-state index in [2.05, 4.69) is 20.8 Å². The summed E-state index contributed by atoms with van der Waals surface area (Å²) in [5.41, 5.74) is 1.69. The summed E-state index contributed by atoms with van der Waals surface area (Å²) in [6.45, 7) is 6.84. The minimum atomic E-state index is -0.137. The monoisotopic (exact) mass is 192 g/mol. The van der Waals surface area contributed by atoms with Crippen LogP contribution in [0.1, 0.15) is 38.7 Å². The fourth-order valence-electron chi connectivity index (χ4n) is 2.23. The van der Waals surface area contributed by atoms with Crippen molar-refractivity contribution in [2.24, 2.45) is 11.3 Å². The van der Waals surface area contributed by atoms with Crippen LogP contribution in [0.5, 0.6) is 0 Å². The molecule has 1 aliphatic rings. The van der Waals surface area contributed by atoms with Crippen LogP contribution in [0.25, 0.3) is 0 Å². The van der Waals surface area contributed by atoms with Gasteiger partial charge in [-0.3, -0.25) is 0 Å². The number of hydrogen-bond acceptors (Lipinski definition) is 0. The molecule has 0 bridgehead atoms. The SMILES string of the molecule is CC(C)(C)C1CC1c1ccc(F)cc1. The van der Waals surface area contributed by atoms with Crippen molar-refractivity contribution in [3.8, 4) is 0 Å². The zero-order valence-electron chi connectivity index (χ0n) is 9.05. The van der Waals surface area contributed by atoms with E-state index in [0.29, 0.717) is 11.3 Å². The molecule has 0 spiro atoms. The van der Waals surface area contributed by atoms with Crippen LogP contribution in [-0.4, -0.2) is 0 Å². The van der Waals surface area contributed by atoms with Gasteiger partial charge in [0.25, 0.3) is 0 Å². The van der Waals surface area contributed by atoms with E-state index in [1.54, 1.807) is 12.1 Å². The second-order valence-electron chi connectivity index (χ2n) is 5.37. The Labute approximate surface area is 85.1 Å². The van der Waals surface area contributed by atoms with Crippen molar-refractivity contribution in [3.05, 3.63) is 35.6 Å². The Morgan fingerprint density at radius 2 is 1.71 bits per heavy atom. The van der Waals surface area contributed by atoms with Gasteiger partial charge in [-0.15, -0.1) is 0 Å². The third-order valence-corrected chi connectivity index (χ3v) is 3.20. The number of rotatable bonds is 1. The fraction of sp³-hybridized carbons (Fsp3) is 0.538. The molecule has 0 N–H and O–H groups in total. The fourth-order valence-corrected chi connectivity index (χ4v) is 2.23. The molecule has 1 saturated carbocycles. The maximum absolute atomic E-state index is 12.7. The van der Waals surface area contributed by atoms with E-state index in [1.165, 1.54) is 12.0 Å². The van der Waals surface area contributed by atoms with Crippen LogP contribution in [0.4, 0.5) is 4.39 Å². The van der Waals surface area contributed by atoms with Crippen LogP contribution in [0.2, 0.25) is 0 Å². The second kappa shape index (κ2) is 3.08. The normalized spacial score (nSPS) is 26.3. The third kappa shape index (κ3) is 1.82. The largest absolute Gasteiger partial charge is 0.207 e. The molecule has 1 aromatic carbocycles. The lowest BCUT2D eigenvalue weighted by atomic mass is 9.88. The molecule has 1 heteroatoms. The summed E-state index contributed by atoms with van der Waals surface area (Å²) in [7, 11) is 0. The van der Waals surface area contributed by atoms with Crippen molar-refractivity contribution in [1.29, 1.82) is 0 Å². The minimum Gasteiger partial charge on any atom is -0.207 e. The van der Waals surface area contributed by atoms with Crippen molar-refractivity contribution < 1.29 is 4.39 Å². The van der Waals surface area contributed by atoms with Gasteiger partial charge in [-0.25, -0.2) is 4.39 Å². The molecule has 1 fully saturated rings. The van der Waals surface area contributed by atoms with Gasteiger partial charge in [0.15, 0.2) is 0 Å². The van der Waals surface area contributed by atoms with Gasteiger partial charge in [-0.1, -0.05) is 32.9 Å². The van der Waals surface area contributed by atoms with Gasteiger partial charge in [-0.2, -0.15) is 0 Å². The first kappa shape index (κ1) is 9.70. The summed E-state index contributed by atoms with van der Waals surface area (Å²) < 4.78 is 12.7. The van der Waals surface area contributed by atoms with Crippen LogP contribution in [0, 0.1) is 17.2 Å². The molecule has 76 valence electrons. The van der Waals surface area contributed by atoms with Gasteiger partial charge >= 0.3 is 0 Å². The van der Waals surface area contributed by atoms with E-state index in [4.69, 9.17) is 0 Å². The van der Waals surface area contributed by atoms with E-state index < -0.39 is 0 Å². The summed E-state index contributed by atoms with van der Waals surface area (Å²) >= 11 is 0. The van der Waals surface area contributed by atoms with E-state index in [0.717, 1.165) is 5.92 Å². The summed E-state index contributed by atoms with van der Waals surface area (Å²) in [6.07, 6.45) is 1.26. The maximum Gasteiger partial charge on any atom is 0.123 e. The van der Waals surface area contributed by atoms with Crippen molar-refractivity contribution in [1.82, 2.24) is 0 Å². The Balaban J connectivity index is 2.10. The van der Waals surface area contributed by atoms with Crippen LogP contribution in [0.15, 0.2) is 24.3 Å². The quantitative estimate of drug-likeness (QED) is 0.631. The van der Waals surface area contributed by atoms with Crippen molar-refractivity contribution in [3.63, 3.8) is 0 Å². The first-order valence-corrected chi connectivity index (χ1v) is 5.24. The molecular weight excluding hydrogens is 175 g/mol. The molecular formula is C13H17F. The number of halogens is 1. The molecule has 1 aromatic rings. The minimum absolute atomic E-state index is 0.137. The lowest BCUT2D eigenvalue weighted by Crippen LogP contribution is -2.08. The van der Waals surface area contributed by atoms with Crippen LogP contribution >= 0.6 is 0 Å². The van der Waals surface area contributed by atoms with Crippen LogP contribution in [-0.2, 0) is 0 Å². The van der Waals surface area contributed by atoms with E-state index in [9.17, 15) is 4.39 Å². The lowest BCUT2D eigenvalue weighted by Gasteiger charge is -2.18. The highest BCUT2D eigenvalue weighted by atomic mass is 19.1. The Morgan fingerprint density at radius 3 is 2.14 bits per heavy atom. The second-order valence-corrected chi connectivity index (χ2v) is 5.37. The standard InChI is InChI=1S/C13H17F/c1-13(2,3)12-8-11(12)9-4-6-10(14)7-5-9/h4-7,11-12H,8H2,1-3H3. The van der Waals surface area contributed by atoms with E-state index in [1.807, 2.05) is 12.1 Å². The maximum atomic E-state index is 12.7. The highest BCUT2D eigenvalue weighted by Gasteiger charge is 2.45. The molecule has 0 amide bonds. The van der Waals surface area contributed by atoms with Gasteiger partial charge in [0.1, 0.15) is 5.82 Å². The van der Waals surface area contributed by atoms with E-state index in [-0.39, 0.29) is 5.82 Å². The van der Waals surface area contributed by atoms with E-state index >= 15 is 0 Å². The van der Waals surface area contributed by atoms with Gasteiger partial charge in [-0.05, 0) is 41.4 Å². The molecule has 0 heterocycles. The summed E-state index contributed by atoms with van der Waals surface area (Å²) in [4.78, 5) is 0. The third-order valence-electron chi connectivity index (χ3n) is 3.20. The Kier molecular flexibility index (Phi) is 2.13. The number of hydrogen-bond donors (Lipinski definition) is 0. The zero-order valence-corrected chi connectivity index (χ0v) is 9.05. The first-order valence-electron chi connectivity index (χ1n) is 5.24. The average molecular weight is 192 g/mol. The van der Waals surface area contributed by atoms with Crippen molar-refractivity contribution >= 4 is 0 Å². The molecule has 0 aromatic heterocycles. The van der Waals surface area contributed by atoms with Crippen LogP contribution < -0.4 is 0 Å². The first-order chi connectivity index (χ1) is 6.48. The molecule has 2 rings (SSSR count). The summed E-state index contributed by atoms with van der Waals surface area (Å²) in [6, 6.07) is 6.97. The number of benzene rings is 1. The summed E-state index contributed by atoms with van der Waals surface area (Å²) in [5, 5.41) is 0. The van der Waals surface area contributed by atoms with Crippen LogP contribution in [0.3, 0.4) is 0 Å². The van der Waals surface area contributed by atoms with Gasteiger partial charge < -0.3 is 0 Å². The highest BCUT2D eigenvalue weighted by molar-refractivity contribution is 5.27.